The molecule has 0 aliphatic heterocycles. The molecule has 0 unspecified atom stereocenters. The van der Waals surface area contributed by atoms with Crippen molar-refractivity contribution in [1.82, 2.24) is 5.32 Å². The Morgan fingerprint density at radius 2 is 2.11 bits per heavy atom. The summed E-state index contributed by atoms with van der Waals surface area (Å²) in [6, 6.07) is 7.62. The molecule has 4 nitrogen and oxygen atoms in total. The smallest absolute Gasteiger partial charge is 0.220 e. The number of rotatable bonds is 8. The van der Waals surface area contributed by atoms with Gasteiger partial charge in [-0.1, -0.05) is 12.1 Å². The quantitative estimate of drug-likeness (QED) is 0.722. The Hall–Kier alpha value is -1.07. The summed E-state index contributed by atoms with van der Waals surface area (Å²) in [6.45, 7) is 1.14. The maximum absolute atomic E-state index is 11.3. The molecule has 5 heteroatoms. The van der Waals surface area contributed by atoms with Crippen LogP contribution < -0.4 is 10.1 Å². The van der Waals surface area contributed by atoms with Crippen molar-refractivity contribution in [2.24, 2.45) is 0 Å². The van der Waals surface area contributed by atoms with Crippen LogP contribution >= 0.6 is 15.9 Å². The third kappa shape index (κ3) is 6.02. The number of nitrogens with one attached hydrogen (secondary N) is 1. The predicted octanol–water partition coefficient (Wildman–Crippen LogP) is 2.11. The van der Waals surface area contributed by atoms with Gasteiger partial charge < -0.3 is 15.2 Å². The van der Waals surface area contributed by atoms with E-state index in [1.807, 2.05) is 24.3 Å². The Bertz CT molecular complexity index is 371. The lowest BCUT2D eigenvalue weighted by atomic mass is 10.3. The fourth-order valence-corrected chi connectivity index (χ4v) is 1.77. The van der Waals surface area contributed by atoms with E-state index in [0.717, 1.165) is 10.2 Å². The van der Waals surface area contributed by atoms with Crippen molar-refractivity contribution in [3.63, 3.8) is 0 Å². The molecule has 0 aromatic heterocycles. The summed E-state index contributed by atoms with van der Waals surface area (Å²) >= 11 is 3.39. The number of para-hydroxylation sites is 1. The molecule has 18 heavy (non-hydrogen) atoms. The van der Waals surface area contributed by atoms with Crippen LogP contribution in [0.4, 0.5) is 0 Å². The van der Waals surface area contributed by atoms with Gasteiger partial charge in [0.25, 0.3) is 0 Å². The van der Waals surface area contributed by atoms with E-state index in [1.54, 1.807) is 0 Å². The highest BCUT2D eigenvalue weighted by atomic mass is 79.9. The van der Waals surface area contributed by atoms with Gasteiger partial charge in [0.2, 0.25) is 5.91 Å². The van der Waals surface area contributed by atoms with Gasteiger partial charge in [-0.3, -0.25) is 4.79 Å². The number of benzene rings is 1. The van der Waals surface area contributed by atoms with Crippen LogP contribution in [-0.4, -0.2) is 30.8 Å². The third-order valence-electron chi connectivity index (χ3n) is 2.30. The van der Waals surface area contributed by atoms with E-state index in [1.165, 1.54) is 0 Å². The van der Waals surface area contributed by atoms with Crippen molar-refractivity contribution in [3.8, 4) is 5.75 Å². The number of aliphatic hydroxyl groups excluding tert-OH is 1. The van der Waals surface area contributed by atoms with E-state index in [4.69, 9.17) is 9.84 Å². The summed E-state index contributed by atoms with van der Waals surface area (Å²) in [5, 5.41) is 11.3. The number of aliphatic hydroxyl groups is 1. The molecule has 1 amide bonds. The second-order valence-corrected chi connectivity index (χ2v) is 4.66. The predicted molar refractivity (Wildman–Crippen MR) is 73.6 cm³/mol. The summed E-state index contributed by atoms with van der Waals surface area (Å²) in [7, 11) is 0. The normalized spacial score (nSPS) is 10.1. The molecular formula is C13H18BrNO3. The molecule has 0 aliphatic carbocycles. The maximum atomic E-state index is 11.3. The molecule has 0 heterocycles. The number of amides is 1. The summed E-state index contributed by atoms with van der Waals surface area (Å²) in [4.78, 5) is 11.3. The van der Waals surface area contributed by atoms with Crippen molar-refractivity contribution in [2.75, 3.05) is 19.8 Å². The Balaban J connectivity index is 2.12. The van der Waals surface area contributed by atoms with Crippen LogP contribution in [0.25, 0.3) is 0 Å². The van der Waals surface area contributed by atoms with Crippen LogP contribution in [-0.2, 0) is 4.79 Å². The van der Waals surface area contributed by atoms with Crippen molar-refractivity contribution < 1.29 is 14.6 Å². The highest BCUT2D eigenvalue weighted by Crippen LogP contribution is 2.23. The minimum atomic E-state index is -0.000762. The van der Waals surface area contributed by atoms with Crippen molar-refractivity contribution in [3.05, 3.63) is 28.7 Å². The molecule has 0 fully saturated rings. The average molecular weight is 316 g/mol. The largest absolute Gasteiger partial charge is 0.492 e. The molecule has 1 aromatic carbocycles. The minimum absolute atomic E-state index is 0.000762. The second-order valence-electron chi connectivity index (χ2n) is 3.81. The average Bonchev–Trinajstić information content (AvgIpc) is 2.37. The zero-order chi connectivity index (χ0) is 13.2. The molecule has 0 saturated heterocycles. The molecule has 0 atom stereocenters. The fraction of sp³-hybridized carbons (Fsp3) is 0.462. The van der Waals surface area contributed by atoms with Crippen LogP contribution in [0.2, 0.25) is 0 Å². The van der Waals surface area contributed by atoms with Gasteiger partial charge in [-0.05, 0) is 40.9 Å². The first-order chi connectivity index (χ1) is 8.74. The van der Waals surface area contributed by atoms with Gasteiger partial charge in [0.15, 0.2) is 0 Å². The molecule has 2 N–H and O–H groups in total. The molecule has 0 aliphatic rings. The number of halogens is 1. The lowest BCUT2D eigenvalue weighted by Crippen LogP contribution is -2.25. The van der Waals surface area contributed by atoms with Crippen molar-refractivity contribution in [2.45, 2.75) is 19.3 Å². The molecule has 100 valence electrons. The molecule has 0 radical (unpaired) electrons. The highest BCUT2D eigenvalue weighted by Gasteiger charge is 2.02. The molecule has 0 bridgehead atoms. The van der Waals surface area contributed by atoms with Crippen molar-refractivity contribution >= 4 is 21.8 Å². The van der Waals surface area contributed by atoms with Gasteiger partial charge in [-0.25, -0.2) is 0 Å². The summed E-state index contributed by atoms with van der Waals surface area (Å²) in [5.74, 6) is 0.789. The maximum Gasteiger partial charge on any atom is 0.220 e. The standard InChI is InChI=1S/C13H18BrNO3/c14-11-5-1-2-6-12(11)18-10-3-7-13(17)15-8-4-9-16/h1-2,5-6,16H,3-4,7-10H2,(H,15,17). The van der Waals surface area contributed by atoms with Gasteiger partial charge in [0.05, 0.1) is 11.1 Å². The number of hydrogen-bond acceptors (Lipinski definition) is 3. The summed E-state index contributed by atoms with van der Waals surface area (Å²) in [6.07, 6.45) is 1.71. The van der Waals surface area contributed by atoms with E-state index < -0.39 is 0 Å². The summed E-state index contributed by atoms with van der Waals surface area (Å²) < 4.78 is 6.46. The van der Waals surface area contributed by atoms with Crippen LogP contribution in [0, 0.1) is 0 Å². The van der Waals surface area contributed by atoms with Gasteiger partial charge in [-0.2, -0.15) is 0 Å². The lowest BCUT2D eigenvalue weighted by Gasteiger charge is -2.08. The minimum Gasteiger partial charge on any atom is -0.492 e. The Morgan fingerprint density at radius 1 is 1.33 bits per heavy atom. The van der Waals surface area contributed by atoms with Crippen LogP contribution in [0.1, 0.15) is 19.3 Å². The highest BCUT2D eigenvalue weighted by molar-refractivity contribution is 9.10. The third-order valence-corrected chi connectivity index (χ3v) is 2.95. The molecule has 1 aromatic rings. The van der Waals surface area contributed by atoms with Gasteiger partial charge in [0, 0.05) is 19.6 Å². The number of ether oxygens (including phenoxy) is 1. The zero-order valence-corrected chi connectivity index (χ0v) is 11.8. The van der Waals surface area contributed by atoms with Crippen LogP contribution in [0.5, 0.6) is 5.75 Å². The second kappa shape index (κ2) is 8.94. The van der Waals surface area contributed by atoms with E-state index in [-0.39, 0.29) is 12.5 Å². The van der Waals surface area contributed by atoms with E-state index in [0.29, 0.717) is 32.4 Å². The summed E-state index contributed by atoms with van der Waals surface area (Å²) in [5.41, 5.74) is 0. The number of hydrogen-bond donors (Lipinski definition) is 2. The Labute approximate surface area is 115 Å². The SMILES string of the molecule is O=C(CCCOc1ccccc1Br)NCCCO. The van der Waals surface area contributed by atoms with Gasteiger partial charge >= 0.3 is 0 Å². The first-order valence-corrected chi connectivity index (χ1v) is 6.78. The number of carbonyl (C=O) groups is 1. The van der Waals surface area contributed by atoms with E-state index in [2.05, 4.69) is 21.2 Å². The fourth-order valence-electron chi connectivity index (χ4n) is 1.37. The first-order valence-electron chi connectivity index (χ1n) is 5.99. The van der Waals surface area contributed by atoms with Gasteiger partial charge in [-0.15, -0.1) is 0 Å². The first kappa shape index (κ1) is 15.0. The molecule has 0 saturated carbocycles. The topological polar surface area (TPSA) is 58.6 Å². The molecule has 0 spiro atoms. The Kier molecular flexibility index (Phi) is 7.44. The van der Waals surface area contributed by atoms with E-state index in [9.17, 15) is 4.79 Å². The van der Waals surface area contributed by atoms with Crippen molar-refractivity contribution in [1.29, 1.82) is 0 Å². The van der Waals surface area contributed by atoms with Crippen LogP contribution in [0.15, 0.2) is 28.7 Å². The van der Waals surface area contributed by atoms with E-state index >= 15 is 0 Å². The molecular weight excluding hydrogens is 298 g/mol. The Morgan fingerprint density at radius 3 is 2.83 bits per heavy atom. The lowest BCUT2D eigenvalue weighted by molar-refractivity contribution is -0.121. The van der Waals surface area contributed by atoms with Crippen LogP contribution in [0.3, 0.4) is 0 Å². The number of carbonyl (C=O) groups excluding carboxylic acids is 1. The molecule has 1 rings (SSSR count). The zero-order valence-electron chi connectivity index (χ0n) is 10.2. The van der Waals surface area contributed by atoms with Gasteiger partial charge in [0.1, 0.15) is 5.75 Å². The monoisotopic (exact) mass is 315 g/mol.